The van der Waals surface area contributed by atoms with Crippen LogP contribution in [-0.2, 0) is 11.2 Å². The first-order valence-electron chi connectivity index (χ1n) is 5.32. The number of carboxylic acid groups (broad SMARTS) is 1. The van der Waals surface area contributed by atoms with E-state index in [2.05, 4.69) is 0 Å². The molecule has 0 aliphatic heterocycles. The fraction of sp³-hybridized carbons (Fsp3) is 0.417. The molecular weight excluding hydrogens is 208 g/mol. The minimum Gasteiger partial charge on any atom is -0.504 e. The fourth-order valence-corrected chi connectivity index (χ4v) is 1.51. The Labute approximate surface area is 94.2 Å². The smallest absolute Gasteiger partial charge is 0.303 e. The number of carboxylic acids is 1. The quantitative estimate of drug-likeness (QED) is 0.511. The van der Waals surface area contributed by atoms with Crippen LogP contribution >= 0.6 is 0 Å². The van der Waals surface area contributed by atoms with Gasteiger partial charge in [-0.1, -0.05) is 12.5 Å². The van der Waals surface area contributed by atoms with Gasteiger partial charge in [-0.05, 0) is 37.0 Å². The molecule has 3 N–H and O–H groups in total. The van der Waals surface area contributed by atoms with Crippen LogP contribution in [0.3, 0.4) is 0 Å². The number of hydrogen-bond donors (Lipinski definition) is 3. The molecule has 0 fully saturated rings. The molecule has 0 saturated carbocycles. The maximum Gasteiger partial charge on any atom is 0.303 e. The number of aromatic hydroxyl groups is 2. The zero-order chi connectivity index (χ0) is 12.0. The molecule has 0 spiro atoms. The van der Waals surface area contributed by atoms with Gasteiger partial charge in [0.2, 0.25) is 0 Å². The first-order valence-corrected chi connectivity index (χ1v) is 5.32. The zero-order valence-electron chi connectivity index (χ0n) is 9.02. The summed E-state index contributed by atoms with van der Waals surface area (Å²) in [6, 6.07) is 4.75. The van der Waals surface area contributed by atoms with E-state index in [1.54, 1.807) is 6.07 Å². The Bertz CT molecular complexity index is 360. The normalized spacial score (nSPS) is 10.2. The van der Waals surface area contributed by atoms with Gasteiger partial charge in [0.25, 0.3) is 0 Å². The second-order valence-corrected chi connectivity index (χ2v) is 3.78. The van der Waals surface area contributed by atoms with Gasteiger partial charge in [-0.3, -0.25) is 4.79 Å². The van der Waals surface area contributed by atoms with Gasteiger partial charge >= 0.3 is 5.97 Å². The Kier molecular flexibility index (Phi) is 4.64. The van der Waals surface area contributed by atoms with Crippen LogP contribution in [0.1, 0.15) is 31.2 Å². The standard InChI is InChI=1S/C12H16O4/c13-10-7-6-9(8-11(10)14)4-2-1-3-5-12(15)16/h6-8,13-14H,1-5H2,(H,15,16). The van der Waals surface area contributed by atoms with Gasteiger partial charge in [0.15, 0.2) is 11.5 Å². The van der Waals surface area contributed by atoms with Crippen LogP contribution in [0, 0.1) is 0 Å². The van der Waals surface area contributed by atoms with Crippen molar-refractivity contribution in [3.63, 3.8) is 0 Å². The van der Waals surface area contributed by atoms with E-state index in [4.69, 9.17) is 10.2 Å². The highest BCUT2D eigenvalue weighted by atomic mass is 16.4. The van der Waals surface area contributed by atoms with Crippen LogP contribution in [0.15, 0.2) is 18.2 Å². The van der Waals surface area contributed by atoms with Crippen LogP contribution in [-0.4, -0.2) is 21.3 Å². The predicted molar refractivity (Wildman–Crippen MR) is 59.6 cm³/mol. The third kappa shape index (κ3) is 4.21. The summed E-state index contributed by atoms with van der Waals surface area (Å²) in [6.45, 7) is 0. The Hall–Kier alpha value is -1.71. The summed E-state index contributed by atoms with van der Waals surface area (Å²) in [5.41, 5.74) is 0.950. The molecular formula is C12H16O4. The van der Waals surface area contributed by atoms with E-state index >= 15 is 0 Å². The summed E-state index contributed by atoms with van der Waals surface area (Å²) in [4.78, 5) is 10.3. The van der Waals surface area contributed by atoms with Gasteiger partial charge in [-0.25, -0.2) is 0 Å². The molecule has 0 saturated heterocycles. The topological polar surface area (TPSA) is 77.8 Å². The van der Waals surface area contributed by atoms with Crippen LogP contribution in [0.2, 0.25) is 0 Å². The molecule has 0 amide bonds. The molecule has 1 aromatic carbocycles. The first-order chi connectivity index (χ1) is 7.59. The van der Waals surface area contributed by atoms with Crippen LogP contribution in [0.5, 0.6) is 11.5 Å². The van der Waals surface area contributed by atoms with E-state index in [0.29, 0.717) is 6.42 Å². The van der Waals surface area contributed by atoms with E-state index in [1.807, 2.05) is 0 Å². The average molecular weight is 224 g/mol. The number of hydrogen-bond acceptors (Lipinski definition) is 3. The maximum atomic E-state index is 10.3. The summed E-state index contributed by atoms with van der Waals surface area (Å²) in [5.74, 6) is -0.986. The van der Waals surface area contributed by atoms with Crippen molar-refractivity contribution in [2.24, 2.45) is 0 Å². The average Bonchev–Trinajstić information content (AvgIpc) is 2.22. The van der Waals surface area contributed by atoms with E-state index in [9.17, 15) is 9.90 Å². The lowest BCUT2D eigenvalue weighted by Crippen LogP contribution is -1.94. The lowest BCUT2D eigenvalue weighted by molar-refractivity contribution is -0.137. The number of phenols is 2. The van der Waals surface area contributed by atoms with Crippen molar-refractivity contribution < 1.29 is 20.1 Å². The molecule has 0 radical (unpaired) electrons. The molecule has 0 bridgehead atoms. The maximum absolute atomic E-state index is 10.3. The van der Waals surface area contributed by atoms with Crippen molar-refractivity contribution in [3.8, 4) is 11.5 Å². The van der Waals surface area contributed by atoms with Crippen molar-refractivity contribution in [3.05, 3.63) is 23.8 Å². The lowest BCUT2D eigenvalue weighted by atomic mass is 10.1. The third-order valence-corrected chi connectivity index (χ3v) is 2.40. The number of phenolic OH excluding ortho intramolecular Hbond substituents is 2. The number of benzene rings is 1. The van der Waals surface area contributed by atoms with Crippen molar-refractivity contribution in [2.45, 2.75) is 32.1 Å². The Balaban J connectivity index is 2.27. The van der Waals surface area contributed by atoms with Gasteiger partial charge in [0, 0.05) is 6.42 Å². The SMILES string of the molecule is O=C(O)CCCCCc1ccc(O)c(O)c1. The second-order valence-electron chi connectivity index (χ2n) is 3.78. The molecule has 4 nitrogen and oxygen atoms in total. The van der Waals surface area contributed by atoms with Crippen molar-refractivity contribution in [1.29, 1.82) is 0 Å². The molecule has 4 heteroatoms. The Morgan fingerprint density at radius 3 is 2.44 bits per heavy atom. The van der Waals surface area contributed by atoms with E-state index in [-0.39, 0.29) is 17.9 Å². The van der Waals surface area contributed by atoms with Crippen LogP contribution < -0.4 is 0 Å². The number of unbranched alkanes of at least 4 members (excludes halogenated alkanes) is 2. The Morgan fingerprint density at radius 2 is 1.81 bits per heavy atom. The van der Waals surface area contributed by atoms with E-state index in [0.717, 1.165) is 24.8 Å². The molecule has 0 aliphatic carbocycles. The third-order valence-electron chi connectivity index (χ3n) is 2.40. The lowest BCUT2D eigenvalue weighted by Gasteiger charge is -2.03. The molecule has 0 aliphatic rings. The predicted octanol–water partition coefficient (Wildman–Crippen LogP) is 2.29. The van der Waals surface area contributed by atoms with E-state index < -0.39 is 5.97 Å². The van der Waals surface area contributed by atoms with Gasteiger partial charge in [0.05, 0.1) is 0 Å². The summed E-state index contributed by atoms with van der Waals surface area (Å²) < 4.78 is 0. The van der Waals surface area contributed by atoms with Crippen LogP contribution in [0.25, 0.3) is 0 Å². The van der Waals surface area contributed by atoms with Crippen LogP contribution in [0.4, 0.5) is 0 Å². The molecule has 0 heterocycles. The monoisotopic (exact) mass is 224 g/mol. The summed E-state index contributed by atoms with van der Waals surface area (Å²) in [7, 11) is 0. The molecule has 0 unspecified atom stereocenters. The second kappa shape index (κ2) is 6.00. The fourth-order valence-electron chi connectivity index (χ4n) is 1.51. The molecule has 88 valence electrons. The molecule has 1 aromatic rings. The van der Waals surface area contributed by atoms with E-state index in [1.165, 1.54) is 12.1 Å². The van der Waals surface area contributed by atoms with Gasteiger partial charge in [0.1, 0.15) is 0 Å². The number of carbonyl (C=O) groups is 1. The number of aliphatic carboxylic acids is 1. The number of rotatable bonds is 6. The molecule has 0 aromatic heterocycles. The van der Waals surface area contributed by atoms with Crippen molar-refractivity contribution in [2.75, 3.05) is 0 Å². The Morgan fingerprint density at radius 1 is 1.06 bits per heavy atom. The first kappa shape index (κ1) is 12.4. The van der Waals surface area contributed by atoms with Crippen molar-refractivity contribution in [1.82, 2.24) is 0 Å². The largest absolute Gasteiger partial charge is 0.504 e. The molecule has 16 heavy (non-hydrogen) atoms. The van der Waals surface area contributed by atoms with Gasteiger partial charge in [-0.2, -0.15) is 0 Å². The highest BCUT2D eigenvalue weighted by Gasteiger charge is 2.01. The highest BCUT2D eigenvalue weighted by molar-refractivity contribution is 5.66. The van der Waals surface area contributed by atoms with Gasteiger partial charge in [-0.15, -0.1) is 0 Å². The minimum absolute atomic E-state index is 0.108. The summed E-state index contributed by atoms with van der Waals surface area (Å²) >= 11 is 0. The minimum atomic E-state index is -0.762. The van der Waals surface area contributed by atoms with Crippen molar-refractivity contribution >= 4 is 5.97 Å². The number of aryl methyl sites for hydroxylation is 1. The highest BCUT2D eigenvalue weighted by Crippen LogP contribution is 2.25. The zero-order valence-corrected chi connectivity index (χ0v) is 9.02. The summed E-state index contributed by atoms with van der Waals surface area (Å²) in [6.07, 6.45) is 3.42. The summed E-state index contributed by atoms with van der Waals surface area (Å²) in [5, 5.41) is 26.8. The van der Waals surface area contributed by atoms with Gasteiger partial charge < -0.3 is 15.3 Å². The molecule has 0 atom stereocenters. The molecule has 1 rings (SSSR count).